The largest absolute Gasteiger partial charge is 0.493 e. The molecule has 1 aliphatic rings. The van der Waals surface area contributed by atoms with Gasteiger partial charge in [0.15, 0.2) is 5.96 Å². The lowest BCUT2D eigenvalue weighted by atomic mass is 10.1. The molecule has 2 N–H and O–H groups in total. The maximum absolute atomic E-state index is 11.1. The van der Waals surface area contributed by atoms with E-state index >= 15 is 0 Å². The number of sulfone groups is 1. The van der Waals surface area contributed by atoms with Gasteiger partial charge in [-0.25, -0.2) is 8.42 Å². The molecule has 2 rings (SSSR count). The molecule has 1 aliphatic heterocycles. The zero-order valence-corrected chi connectivity index (χ0v) is 17.3. The van der Waals surface area contributed by atoms with E-state index in [0.29, 0.717) is 5.96 Å². The van der Waals surface area contributed by atoms with E-state index < -0.39 is 9.84 Å². The van der Waals surface area contributed by atoms with Gasteiger partial charge in [0.2, 0.25) is 0 Å². The van der Waals surface area contributed by atoms with E-state index in [0.717, 1.165) is 38.3 Å². The minimum Gasteiger partial charge on any atom is -0.493 e. The standard InChI is InChI=1S/C16H25N3O3S.HI/c1-3-17-16(19-9-11-23(2,20)21)18-8-6-13-4-5-15-14(12-13)7-10-22-15;/h4-5,12H,3,6-11H2,1-2H3,(H2,17,18,19);1H. The van der Waals surface area contributed by atoms with Crippen LogP contribution in [0.3, 0.4) is 0 Å². The van der Waals surface area contributed by atoms with Crippen LogP contribution < -0.4 is 15.4 Å². The average Bonchev–Trinajstić information content (AvgIpc) is 2.93. The topological polar surface area (TPSA) is 79.8 Å². The molecule has 1 aromatic carbocycles. The summed E-state index contributed by atoms with van der Waals surface area (Å²) in [5.41, 5.74) is 2.53. The highest BCUT2D eigenvalue weighted by Crippen LogP contribution is 2.25. The molecule has 0 aromatic heterocycles. The Bertz CT molecular complexity index is 663. The molecule has 1 heterocycles. The molecule has 0 radical (unpaired) electrons. The van der Waals surface area contributed by atoms with Crippen molar-refractivity contribution in [1.82, 2.24) is 10.6 Å². The Hall–Kier alpha value is -1.03. The maximum atomic E-state index is 11.1. The minimum absolute atomic E-state index is 0. The second-order valence-electron chi connectivity index (χ2n) is 5.61. The number of halogens is 1. The van der Waals surface area contributed by atoms with Gasteiger partial charge in [0.1, 0.15) is 15.6 Å². The van der Waals surface area contributed by atoms with E-state index in [2.05, 4.69) is 27.8 Å². The smallest absolute Gasteiger partial charge is 0.191 e. The van der Waals surface area contributed by atoms with Crippen molar-refractivity contribution in [3.63, 3.8) is 0 Å². The van der Waals surface area contributed by atoms with Crippen LogP contribution in [0.5, 0.6) is 5.75 Å². The quantitative estimate of drug-likeness (QED) is 0.360. The fraction of sp³-hybridized carbons (Fsp3) is 0.562. The van der Waals surface area contributed by atoms with Crippen molar-refractivity contribution in [2.24, 2.45) is 4.99 Å². The van der Waals surface area contributed by atoms with Crippen LogP contribution in [-0.4, -0.2) is 52.6 Å². The fourth-order valence-corrected chi connectivity index (χ4v) is 2.81. The Morgan fingerprint density at radius 3 is 2.83 bits per heavy atom. The van der Waals surface area contributed by atoms with Crippen LogP contribution in [-0.2, 0) is 22.7 Å². The van der Waals surface area contributed by atoms with Crippen molar-refractivity contribution in [2.45, 2.75) is 19.8 Å². The molecule has 6 nitrogen and oxygen atoms in total. The first-order valence-electron chi connectivity index (χ1n) is 7.92. The zero-order chi connectivity index (χ0) is 16.7. The van der Waals surface area contributed by atoms with Crippen LogP contribution in [0.15, 0.2) is 23.2 Å². The minimum atomic E-state index is -2.98. The molecule has 0 saturated heterocycles. The molecule has 24 heavy (non-hydrogen) atoms. The van der Waals surface area contributed by atoms with Crippen molar-refractivity contribution in [2.75, 3.05) is 38.2 Å². The van der Waals surface area contributed by atoms with Gasteiger partial charge < -0.3 is 15.4 Å². The summed E-state index contributed by atoms with van der Waals surface area (Å²) in [6.45, 7) is 4.50. The average molecular weight is 467 g/mol. The van der Waals surface area contributed by atoms with Crippen LogP contribution in [0.4, 0.5) is 0 Å². The summed E-state index contributed by atoms with van der Waals surface area (Å²) in [6, 6.07) is 6.31. The summed E-state index contributed by atoms with van der Waals surface area (Å²) in [7, 11) is -2.98. The lowest BCUT2D eigenvalue weighted by molar-refractivity contribution is 0.357. The lowest BCUT2D eigenvalue weighted by Crippen LogP contribution is -2.38. The van der Waals surface area contributed by atoms with Gasteiger partial charge in [-0.05, 0) is 30.5 Å². The number of hydrogen-bond donors (Lipinski definition) is 2. The second kappa shape index (κ2) is 10.1. The van der Waals surface area contributed by atoms with Crippen LogP contribution >= 0.6 is 24.0 Å². The van der Waals surface area contributed by atoms with Crippen molar-refractivity contribution >= 4 is 39.8 Å². The summed E-state index contributed by atoms with van der Waals surface area (Å²) in [6.07, 6.45) is 3.08. The molecule has 136 valence electrons. The van der Waals surface area contributed by atoms with Crippen LogP contribution in [0.2, 0.25) is 0 Å². The van der Waals surface area contributed by atoms with Crippen molar-refractivity contribution in [1.29, 1.82) is 0 Å². The summed E-state index contributed by atoms with van der Waals surface area (Å²) >= 11 is 0. The third-order valence-corrected chi connectivity index (χ3v) is 4.46. The third kappa shape index (κ3) is 7.25. The van der Waals surface area contributed by atoms with Gasteiger partial charge >= 0.3 is 0 Å². The first kappa shape index (κ1) is 21.0. The molecule has 8 heteroatoms. The fourth-order valence-electron chi connectivity index (χ4n) is 2.39. The first-order chi connectivity index (χ1) is 11.0. The van der Waals surface area contributed by atoms with Crippen LogP contribution in [0, 0.1) is 0 Å². The molecular formula is C16H26IN3O3S. The van der Waals surface area contributed by atoms with E-state index in [1.165, 1.54) is 17.4 Å². The Kier molecular flexibility index (Phi) is 8.82. The second-order valence-corrected chi connectivity index (χ2v) is 7.87. The number of guanidine groups is 1. The Morgan fingerprint density at radius 2 is 2.12 bits per heavy atom. The van der Waals surface area contributed by atoms with E-state index in [1.54, 1.807) is 0 Å². The van der Waals surface area contributed by atoms with Crippen LogP contribution in [0.1, 0.15) is 18.1 Å². The molecule has 0 aliphatic carbocycles. The van der Waals surface area contributed by atoms with Crippen molar-refractivity contribution in [3.8, 4) is 5.75 Å². The molecule has 0 saturated carbocycles. The van der Waals surface area contributed by atoms with Gasteiger partial charge in [0.25, 0.3) is 0 Å². The van der Waals surface area contributed by atoms with E-state index in [-0.39, 0.29) is 36.3 Å². The molecular weight excluding hydrogens is 441 g/mol. The number of aliphatic imine (C=N–C) groups is 1. The highest BCUT2D eigenvalue weighted by atomic mass is 127. The normalized spacial score (nSPS) is 13.7. The Labute approximate surface area is 161 Å². The number of rotatable bonds is 7. The Balaban J connectivity index is 0.00000288. The third-order valence-electron chi connectivity index (χ3n) is 3.54. The summed E-state index contributed by atoms with van der Waals surface area (Å²) in [5, 5.41) is 6.36. The van der Waals surface area contributed by atoms with E-state index in [1.807, 2.05) is 13.0 Å². The number of ether oxygens (including phenoxy) is 1. The van der Waals surface area contributed by atoms with Crippen molar-refractivity contribution in [3.05, 3.63) is 29.3 Å². The highest BCUT2D eigenvalue weighted by Gasteiger charge is 2.11. The Morgan fingerprint density at radius 1 is 1.33 bits per heavy atom. The first-order valence-corrected chi connectivity index (χ1v) is 9.98. The number of hydrogen-bond acceptors (Lipinski definition) is 4. The summed E-state index contributed by atoms with van der Waals surface area (Å²) in [4.78, 5) is 4.28. The number of fused-ring (bicyclic) bond motifs is 1. The molecule has 0 spiro atoms. The van der Waals surface area contributed by atoms with Crippen molar-refractivity contribution < 1.29 is 13.2 Å². The molecule has 0 fully saturated rings. The SMILES string of the molecule is CCNC(=NCCS(C)(=O)=O)NCCc1ccc2c(c1)CCO2.I. The summed E-state index contributed by atoms with van der Waals surface area (Å²) < 4.78 is 27.8. The van der Waals surface area contributed by atoms with E-state index in [9.17, 15) is 8.42 Å². The molecule has 1 aromatic rings. The van der Waals surface area contributed by atoms with Gasteiger partial charge in [0, 0.05) is 25.8 Å². The summed E-state index contributed by atoms with van der Waals surface area (Å²) in [5.74, 6) is 1.71. The predicted octanol–water partition coefficient (Wildman–Crippen LogP) is 1.38. The predicted molar refractivity (Wildman–Crippen MR) is 108 cm³/mol. The van der Waals surface area contributed by atoms with Crippen LogP contribution in [0.25, 0.3) is 0 Å². The highest BCUT2D eigenvalue weighted by molar-refractivity contribution is 14.0. The van der Waals surface area contributed by atoms with Gasteiger partial charge in [-0.1, -0.05) is 12.1 Å². The number of nitrogens with zero attached hydrogens (tertiary/aromatic N) is 1. The van der Waals surface area contributed by atoms with Gasteiger partial charge in [-0.15, -0.1) is 24.0 Å². The molecule has 0 amide bonds. The monoisotopic (exact) mass is 467 g/mol. The molecule has 0 atom stereocenters. The van der Waals surface area contributed by atoms with E-state index in [4.69, 9.17) is 4.74 Å². The van der Waals surface area contributed by atoms with Gasteiger partial charge in [0.05, 0.1) is 18.9 Å². The molecule has 0 unspecified atom stereocenters. The number of nitrogens with one attached hydrogen (secondary N) is 2. The molecule has 0 bridgehead atoms. The number of benzene rings is 1. The lowest BCUT2D eigenvalue weighted by Gasteiger charge is -2.11. The zero-order valence-electron chi connectivity index (χ0n) is 14.2. The maximum Gasteiger partial charge on any atom is 0.191 e. The van der Waals surface area contributed by atoms with Gasteiger partial charge in [-0.3, -0.25) is 4.99 Å². The van der Waals surface area contributed by atoms with Gasteiger partial charge in [-0.2, -0.15) is 0 Å².